The molecule has 152 valence electrons. The number of carbonyl (C=O) groups excluding carboxylic acids is 1. The van der Waals surface area contributed by atoms with Gasteiger partial charge in [-0.2, -0.15) is 9.40 Å². The zero-order chi connectivity index (χ0) is 20.6. The van der Waals surface area contributed by atoms with Crippen LogP contribution in [0.2, 0.25) is 0 Å². The molecular weight excluding hydrogens is 408 g/mol. The molecule has 7 nitrogen and oxygen atoms in total. The van der Waals surface area contributed by atoms with Gasteiger partial charge in [0, 0.05) is 35.6 Å². The number of nitrogens with zero attached hydrogens (tertiary/aromatic N) is 3. The van der Waals surface area contributed by atoms with Crippen LogP contribution in [0, 0.1) is 0 Å². The van der Waals surface area contributed by atoms with Crippen molar-refractivity contribution in [1.82, 2.24) is 14.1 Å². The van der Waals surface area contributed by atoms with E-state index in [0.717, 1.165) is 5.56 Å². The highest BCUT2D eigenvalue weighted by Gasteiger charge is 2.29. The molecule has 0 radical (unpaired) electrons. The number of amides is 1. The third kappa shape index (κ3) is 3.85. The van der Waals surface area contributed by atoms with Crippen molar-refractivity contribution >= 4 is 33.1 Å². The van der Waals surface area contributed by atoms with Gasteiger partial charge in [0.2, 0.25) is 10.0 Å². The molecule has 2 aromatic heterocycles. The van der Waals surface area contributed by atoms with Crippen LogP contribution >= 0.6 is 11.3 Å². The summed E-state index contributed by atoms with van der Waals surface area (Å²) in [7, 11) is -3.68. The fraction of sp³-hybridized carbons (Fsp3) is 0.300. The number of rotatable bonds is 5. The Kier molecular flexibility index (Phi) is 5.28. The summed E-state index contributed by atoms with van der Waals surface area (Å²) in [5.41, 5.74) is 1.34. The molecule has 1 amide bonds. The van der Waals surface area contributed by atoms with Gasteiger partial charge in [0.1, 0.15) is 5.82 Å². The molecule has 0 unspecified atom stereocenters. The van der Waals surface area contributed by atoms with Crippen molar-refractivity contribution in [3.8, 4) is 0 Å². The van der Waals surface area contributed by atoms with Crippen LogP contribution in [0.3, 0.4) is 0 Å². The van der Waals surface area contributed by atoms with Gasteiger partial charge in [-0.1, -0.05) is 6.07 Å². The number of fused-ring (bicyclic) bond motifs is 1. The van der Waals surface area contributed by atoms with Gasteiger partial charge in [-0.05, 0) is 55.5 Å². The van der Waals surface area contributed by atoms with E-state index in [1.54, 1.807) is 40.4 Å². The van der Waals surface area contributed by atoms with Crippen LogP contribution in [0.5, 0.6) is 0 Å². The number of thiophene rings is 1. The van der Waals surface area contributed by atoms with Crippen LogP contribution in [0.1, 0.15) is 40.7 Å². The topological polar surface area (TPSA) is 84.3 Å². The summed E-state index contributed by atoms with van der Waals surface area (Å²) in [5.74, 6) is 0.197. The number of anilines is 1. The average molecular weight is 431 g/mol. The molecule has 0 spiro atoms. The Hall–Kier alpha value is -2.49. The average Bonchev–Trinajstić information content (AvgIpc) is 3.36. The van der Waals surface area contributed by atoms with Crippen molar-refractivity contribution in [3.63, 3.8) is 0 Å². The lowest BCUT2D eigenvalue weighted by Crippen LogP contribution is -2.35. The van der Waals surface area contributed by atoms with Gasteiger partial charge in [0.05, 0.1) is 11.1 Å². The van der Waals surface area contributed by atoms with Gasteiger partial charge in [0.25, 0.3) is 5.91 Å². The number of hydrogen-bond donors (Lipinski definition) is 1. The lowest BCUT2D eigenvalue weighted by molar-refractivity contribution is 0.102. The molecule has 0 fully saturated rings. The number of benzene rings is 1. The van der Waals surface area contributed by atoms with Gasteiger partial charge in [-0.15, -0.1) is 11.3 Å². The molecular formula is C20H22N4O3S2. The normalized spacial score (nSPS) is 14.7. The summed E-state index contributed by atoms with van der Waals surface area (Å²) < 4.78 is 29.5. The molecule has 9 heteroatoms. The van der Waals surface area contributed by atoms with E-state index < -0.39 is 10.0 Å². The molecule has 1 N–H and O–H groups in total. The predicted molar refractivity (Wildman–Crippen MR) is 113 cm³/mol. The number of carbonyl (C=O) groups is 1. The molecule has 1 aliphatic rings. The van der Waals surface area contributed by atoms with Gasteiger partial charge in [-0.3, -0.25) is 4.79 Å². The van der Waals surface area contributed by atoms with E-state index in [1.807, 2.05) is 25.3 Å². The van der Waals surface area contributed by atoms with E-state index in [0.29, 0.717) is 25.3 Å². The number of aromatic nitrogens is 2. The Morgan fingerprint density at radius 3 is 2.86 bits per heavy atom. The molecule has 0 aliphatic carbocycles. The van der Waals surface area contributed by atoms with Crippen molar-refractivity contribution in [3.05, 3.63) is 64.0 Å². The van der Waals surface area contributed by atoms with E-state index in [2.05, 4.69) is 10.4 Å². The minimum atomic E-state index is -3.68. The van der Waals surface area contributed by atoms with Crippen molar-refractivity contribution in [1.29, 1.82) is 0 Å². The highest BCUT2D eigenvalue weighted by molar-refractivity contribution is 7.89. The van der Waals surface area contributed by atoms with E-state index in [1.165, 1.54) is 21.3 Å². The van der Waals surface area contributed by atoms with Crippen LogP contribution in [-0.4, -0.2) is 35.0 Å². The van der Waals surface area contributed by atoms with E-state index in [4.69, 9.17) is 0 Å². The van der Waals surface area contributed by atoms with Crippen LogP contribution < -0.4 is 5.32 Å². The van der Waals surface area contributed by atoms with Crippen LogP contribution in [0.4, 0.5) is 5.82 Å². The lowest BCUT2D eigenvalue weighted by Gasteiger charge is -2.26. The summed E-state index contributed by atoms with van der Waals surface area (Å²) in [6, 6.07) is 9.96. The second-order valence-corrected chi connectivity index (χ2v) is 10.1. The summed E-state index contributed by atoms with van der Waals surface area (Å²) in [5, 5.41) is 9.00. The first-order chi connectivity index (χ1) is 13.9. The van der Waals surface area contributed by atoms with Crippen molar-refractivity contribution in [2.75, 3.05) is 11.9 Å². The fourth-order valence-electron chi connectivity index (χ4n) is 3.39. The molecule has 4 rings (SSSR count). The molecule has 3 aromatic rings. The molecule has 1 aliphatic heterocycles. The Labute approximate surface area is 174 Å². The monoisotopic (exact) mass is 430 g/mol. The summed E-state index contributed by atoms with van der Waals surface area (Å²) in [4.78, 5) is 14.1. The highest BCUT2D eigenvalue weighted by Crippen LogP contribution is 2.28. The van der Waals surface area contributed by atoms with Crippen molar-refractivity contribution in [2.45, 2.75) is 37.8 Å². The molecule has 29 heavy (non-hydrogen) atoms. The van der Waals surface area contributed by atoms with E-state index >= 15 is 0 Å². The minimum absolute atomic E-state index is 0.0908. The number of nitrogens with one attached hydrogen (secondary N) is 1. The summed E-state index contributed by atoms with van der Waals surface area (Å²) >= 11 is 1.66. The number of hydrogen-bond acceptors (Lipinski definition) is 5. The van der Waals surface area contributed by atoms with Crippen molar-refractivity contribution < 1.29 is 13.2 Å². The SMILES string of the molecule is CC(C)n1nccc1NC(=O)c1cccc(S(=O)(=O)N2CCc3sccc3C2)c1. The van der Waals surface area contributed by atoms with Crippen LogP contribution in [0.25, 0.3) is 0 Å². The Morgan fingerprint density at radius 2 is 2.07 bits per heavy atom. The molecule has 3 heterocycles. The Balaban J connectivity index is 1.57. The summed E-state index contributed by atoms with van der Waals surface area (Å²) in [6.45, 7) is 4.74. The maximum absolute atomic E-state index is 13.1. The largest absolute Gasteiger partial charge is 0.307 e. The molecule has 0 saturated carbocycles. The molecule has 0 bridgehead atoms. The third-order valence-electron chi connectivity index (χ3n) is 4.91. The third-order valence-corrected chi connectivity index (χ3v) is 7.77. The van der Waals surface area contributed by atoms with Gasteiger partial charge in [0.15, 0.2) is 0 Å². The van der Waals surface area contributed by atoms with Gasteiger partial charge >= 0.3 is 0 Å². The standard InChI is InChI=1S/C20H22N4O3S2/c1-14(2)24-19(6-9-21-24)22-20(25)15-4-3-5-17(12-15)29(26,27)23-10-7-18-16(13-23)8-11-28-18/h3-6,8-9,11-12,14H,7,10,13H2,1-2H3,(H,22,25). The smallest absolute Gasteiger partial charge is 0.256 e. The summed E-state index contributed by atoms with van der Waals surface area (Å²) in [6.07, 6.45) is 2.33. The number of sulfonamides is 1. The predicted octanol–water partition coefficient (Wildman–Crippen LogP) is 3.52. The first-order valence-corrected chi connectivity index (χ1v) is 11.7. The molecule has 1 aromatic carbocycles. The van der Waals surface area contributed by atoms with Crippen LogP contribution in [0.15, 0.2) is 52.9 Å². The van der Waals surface area contributed by atoms with E-state index in [-0.39, 0.29) is 22.4 Å². The second kappa shape index (κ2) is 7.74. The zero-order valence-electron chi connectivity index (χ0n) is 16.2. The Morgan fingerprint density at radius 1 is 1.24 bits per heavy atom. The van der Waals surface area contributed by atoms with Gasteiger partial charge < -0.3 is 5.32 Å². The molecule has 0 saturated heterocycles. The van der Waals surface area contributed by atoms with Crippen LogP contribution in [-0.2, 0) is 23.0 Å². The fourth-order valence-corrected chi connectivity index (χ4v) is 5.74. The maximum Gasteiger partial charge on any atom is 0.256 e. The lowest BCUT2D eigenvalue weighted by atomic mass is 10.1. The van der Waals surface area contributed by atoms with Gasteiger partial charge in [-0.25, -0.2) is 13.1 Å². The second-order valence-electron chi connectivity index (χ2n) is 7.19. The molecule has 0 atom stereocenters. The zero-order valence-corrected chi connectivity index (χ0v) is 17.8. The first kappa shape index (κ1) is 19.8. The minimum Gasteiger partial charge on any atom is -0.307 e. The highest BCUT2D eigenvalue weighted by atomic mass is 32.2. The van der Waals surface area contributed by atoms with Crippen molar-refractivity contribution in [2.24, 2.45) is 0 Å². The van der Waals surface area contributed by atoms with E-state index in [9.17, 15) is 13.2 Å². The Bertz CT molecular complexity index is 1150. The quantitative estimate of drug-likeness (QED) is 0.671. The maximum atomic E-state index is 13.1. The first-order valence-electron chi connectivity index (χ1n) is 9.36.